The van der Waals surface area contributed by atoms with E-state index >= 15 is 0 Å². The third kappa shape index (κ3) is 18.2. The molecule has 0 aliphatic rings. The van der Waals surface area contributed by atoms with Crippen molar-refractivity contribution >= 4 is 41.9 Å². The topological polar surface area (TPSA) is 222 Å². The van der Waals surface area contributed by atoms with Crippen LogP contribution < -0.4 is 26.6 Å². The minimum atomic E-state index is -1.16. The first-order valence-electron chi connectivity index (χ1n) is 15.9. The summed E-state index contributed by atoms with van der Waals surface area (Å²) in [6.07, 6.45) is 1.55. The lowest BCUT2D eigenvalue weighted by atomic mass is 9.80. The zero-order valence-corrected chi connectivity index (χ0v) is 29.0. The lowest BCUT2D eigenvalue weighted by molar-refractivity contribution is -0.141. The number of hydrogen-bond donors (Lipinski definition) is 6. The van der Waals surface area contributed by atoms with Crippen molar-refractivity contribution in [3.63, 3.8) is 0 Å². The Balaban J connectivity index is 4.39. The van der Waals surface area contributed by atoms with E-state index in [0.717, 1.165) is 4.90 Å². The third-order valence-corrected chi connectivity index (χ3v) is 7.65. The van der Waals surface area contributed by atoms with E-state index < -0.39 is 34.7 Å². The van der Waals surface area contributed by atoms with E-state index in [1.165, 1.54) is 7.05 Å². The van der Waals surface area contributed by atoms with Gasteiger partial charge in [-0.1, -0.05) is 27.7 Å². The minimum absolute atomic E-state index is 0.0417. The van der Waals surface area contributed by atoms with Gasteiger partial charge in [0.05, 0.1) is 19.8 Å². The molecule has 0 aliphatic carbocycles. The highest BCUT2D eigenvalue weighted by Gasteiger charge is 2.33. The maximum atomic E-state index is 12.7. The zero-order valence-electron chi connectivity index (χ0n) is 29.0. The van der Waals surface area contributed by atoms with Gasteiger partial charge < -0.3 is 46.1 Å². The van der Waals surface area contributed by atoms with Gasteiger partial charge in [0, 0.05) is 50.0 Å². The highest BCUT2D eigenvalue weighted by atomic mass is 16.5. The quantitative estimate of drug-likeness (QED) is 0.0513. The van der Waals surface area contributed by atoms with E-state index in [4.69, 9.17) is 9.47 Å². The van der Waals surface area contributed by atoms with Crippen LogP contribution in [0.3, 0.4) is 0 Å². The van der Waals surface area contributed by atoms with Gasteiger partial charge in [0.1, 0.15) is 19.1 Å². The molecule has 2 atom stereocenters. The van der Waals surface area contributed by atoms with E-state index in [1.54, 1.807) is 34.6 Å². The van der Waals surface area contributed by atoms with Gasteiger partial charge in [-0.05, 0) is 39.5 Å². The number of carbonyl (C=O) groups excluding carboxylic acids is 6. The van der Waals surface area contributed by atoms with Crippen LogP contribution in [0, 0.1) is 10.8 Å². The average molecular weight is 673 g/mol. The number of likely N-dealkylation sites (N-methyl/N-ethyl adjacent to an activating group) is 1. The molecule has 0 saturated heterocycles. The summed E-state index contributed by atoms with van der Waals surface area (Å²) in [6.45, 7) is 11.5. The molecule has 0 aromatic rings. The number of carbonyl (C=O) groups is 7. The molecule has 270 valence electrons. The second-order valence-electron chi connectivity index (χ2n) is 12.4. The number of carboxylic acid groups (broad SMARTS) is 1. The summed E-state index contributed by atoms with van der Waals surface area (Å²) in [6, 6.07) is -1.17. The predicted octanol–water partition coefficient (Wildman–Crippen LogP) is -0.447. The summed E-state index contributed by atoms with van der Waals surface area (Å²) in [5, 5.41) is 22.1. The van der Waals surface area contributed by atoms with Gasteiger partial charge in [0.15, 0.2) is 0 Å². The van der Waals surface area contributed by atoms with Gasteiger partial charge in [-0.15, -0.1) is 0 Å². The Morgan fingerprint density at radius 1 is 0.851 bits per heavy atom. The van der Waals surface area contributed by atoms with Crippen LogP contribution in [0.15, 0.2) is 0 Å². The number of nitrogens with one attached hydrogen (secondary N) is 5. The number of aliphatic carboxylic acids is 1. The monoisotopic (exact) mass is 672 g/mol. The molecule has 0 spiro atoms. The molecular weight excluding hydrogens is 616 g/mol. The Labute approximate surface area is 277 Å². The van der Waals surface area contributed by atoms with E-state index in [1.807, 2.05) is 6.92 Å². The molecule has 0 bridgehead atoms. The van der Waals surface area contributed by atoms with Gasteiger partial charge in [0.25, 0.3) is 0 Å². The molecule has 0 saturated carbocycles. The number of amides is 6. The van der Waals surface area contributed by atoms with Crippen LogP contribution in [0.4, 0.5) is 0 Å². The second-order valence-corrected chi connectivity index (χ2v) is 12.4. The normalized spacial score (nSPS) is 13.1. The number of hydrogen-bond acceptors (Lipinski definition) is 9. The summed E-state index contributed by atoms with van der Waals surface area (Å²) in [5.41, 5.74) is -1.58. The van der Waals surface area contributed by atoms with Gasteiger partial charge >= 0.3 is 5.97 Å². The van der Waals surface area contributed by atoms with Gasteiger partial charge in [-0.2, -0.15) is 0 Å². The molecule has 0 fully saturated rings. The number of rotatable bonds is 26. The van der Waals surface area contributed by atoms with Gasteiger partial charge in [-0.3, -0.25) is 28.8 Å². The van der Waals surface area contributed by atoms with Crippen molar-refractivity contribution < 1.29 is 48.1 Å². The van der Waals surface area contributed by atoms with Crippen molar-refractivity contribution in [2.45, 2.75) is 85.7 Å². The number of carboxylic acids is 1. The van der Waals surface area contributed by atoms with E-state index in [0.29, 0.717) is 19.3 Å². The molecule has 47 heavy (non-hydrogen) atoms. The summed E-state index contributed by atoms with van der Waals surface area (Å²) in [7, 11) is 1.44. The van der Waals surface area contributed by atoms with Gasteiger partial charge in [-0.25, -0.2) is 4.79 Å². The summed E-state index contributed by atoms with van der Waals surface area (Å²) < 4.78 is 11.1. The van der Waals surface area contributed by atoms with E-state index in [2.05, 4.69) is 26.6 Å². The Kier molecular flexibility index (Phi) is 20.9. The first-order valence-corrected chi connectivity index (χ1v) is 15.9. The Morgan fingerprint density at radius 3 is 2.00 bits per heavy atom. The molecule has 0 aromatic carbocycles. The van der Waals surface area contributed by atoms with E-state index in [9.17, 15) is 38.7 Å². The molecule has 0 aromatic heterocycles. The van der Waals surface area contributed by atoms with Crippen LogP contribution in [0.25, 0.3) is 0 Å². The predicted molar refractivity (Wildman–Crippen MR) is 173 cm³/mol. The summed E-state index contributed by atoms with van der Waals surface area (Å²) >= 11 is 0. The molecule has 6 amide bonds. The summed E-state index contributed by atoms with van der Waals surface area (Å²) in [4.78, 5) is 85.1. The SMILES string of the molecule is CCC(C)(CC[C@H](NC=O)C(=O)O)C(=O)NCCOCCOCCC(C)(C)C(=O)NCCC(=O)N(CC(=O)NC)CC(=O)NC(C)C. The summed E-state index contributed by atoms with van der Waals surface area (Å²) in [5.74, 6) is -2.89. The molecule has 6 N–H and O–H groups in total. The molecule has 0 rings (SSSR count). The van der Waals surface area contributed by atoms with Crippen molar-refractivity contribution in [2.75, 3.05) is 59.7 Å². The fraction of sp³-hybridized carbons (Fsp3) is 0.774. The first-order chi connectivity index (χ1) is 22.0. The van der Waals surface area contributed by atoms with Crippen LogP contribution in [0.5, 0.6) is 0 Å². The second kappa shape index (κ2) is 22.7. The maximum absolute atomic E-state index is 12.7. The lowest BCUT2D eigenvalue weighted by Crippen LogP contribution is -2.47. The van der Waals surface area contributed by atoms with Crippen LogP contribution in [-0.2, 0) is 43.0 Å². The molecular formula is C31H56N6O10. The van der Waals surface area contributed by atoms with Crippen molar-refractivity contribution in [1.82, 2.24) is 31.5 Å². The smallest absolute Gasteiger partial charge is 0.326 e. The van der Waals surface area contributed by atoms with Crippen LogP contribution in [0.2, 0.25) is 0 Å². The molecule has 16 heteroatoms. The lowest BCUT2D eigenvalue weighted by Gasteiger charge is -2.28. The largest absolute Gasteiger partial charge is 0.480 e. The minimum Gasteiger partial charge on any atom is -0.480 e. The fourth-order valence-corrected chi connectivity index (χ4v) is 4.19. The molecule has 16 nitrogen and oxygen atoms in total. The Hall–Kier alpha value is -3.79. The number of ether oxygens (including phenoxy) is 2. The number of nitrogens with zero attached hydrogens (tertiary/aromatic N) is 1. The van der Waals surface area contributed by atoms with Crippen molar-refractivity contribution in [3.05, 3.63) is 0 Å². The van der Waals surface area contributed by atoms with Crippen LogP contribution in [0.1, 0.15) is 73.6 Å². The Morgan fingerprint density at radius 2 is 1.45 bits per heavy atom. The van der Waals surface area contributed by atoms with Crippen molar-refractivity contribution in [2.24, 2.45) is 10.8 Å². The van der Waals surface area contributed by atoms with Crippen molar-refractivity contribution in [3.8, 4) is 0 Å². The maximum Gasteiger partial charge on any atom is 0.326 e. The third-order valence-electron chi connectivity index (χ3n) is 7.65. The molecule has 0 aliphatic heterocycles. The first kappa shape index (κ1) is 43.2. The Bertz CT molecular complexity index is 1040. The molecule has 1 unspecified atom stereocenters. The van der Waals surface area contributed by atoms with Crippen LogP contribution in [-0.4, -0.2) is 124 Å². The highest BCUT2D eigenvalue weighted by Crippen LogP contribution is 2.28. The standard InChI is InChI=1S/C31H56N6O10/c1-8-31(6,11-9-23(27(42)43)35-21-38)29(45)34-14-16-47-18-17-46-15-12-30(4,5)28(44)33-13-10-26(41)37(19-24(39)32-7)20-25(40)36-22(2)3/h21-23H,8-20H2,1-7H3,(H,32,39)(H,33,44)(H,34,45)(H,35,38)(H,36,40)(H,42,43)/t23-,31?/m0/s1. The van der Waals surface area contributed by atoms with Crippen LogP contribution >= 0.6 is 0 Å². The average Bonchev–Trinajstić information content (AvgIpc) is 3.00. The molecule has 0 radical (unpaired) electrons. The fourth-order valence-electron chi connectivity index (χ4n) is 4.19. The highest BCUT2D eigenvalue weighted by molar-refractivity contribution is 5.89. The zero-order chi connectivity index (χ0) is 36.0. The van der Waals surface area contributed by atoms with Crippen molar-refractivity contribution in [1.29, 1.82) is 0 Å². The molecule has 0 heterocycles. The van der Waals surface area contributed by atoms with E-state index in [-0.39, 0.29) is 95.6 Å². The van der Waals surface area contributed by atoms with Gasteiger partial charge in [0.2, 0.25) is 35.9 Å².